The smallest absolute Gasteiger partial charge is 0.344 e. The van der Waals surface area contributed by atoms with Crippen LogP contribution in [0.3, 0.4) is 0 Å². The Hall–Kier alpha value is -8.76. The number of aryl methyl sites for hydroxylation is 8. The van der Waals surface area contributed by atoms with Gasteiger partial charge in [0.15, 0.2) is 0 Å². The van der Waals surface area contributed by atoms with Gasteiger partial charge in [0, 0.05) is 58.4 Å². The van der Waals surface area contributed by atoms with Crippen molar-refractivity contribution in [3.05, 3.63) is 235 Å². The Morgan fingerprint density at radius 3 is 0.694 bits per heavy atom. The quantitative estimate of drug-likeness (QED) is 0.102. The predicted molar refractivity (Wildman–Crippen MR) is 273 cm³/mol. The lowest BCUT2D eigenvalue weighted by molar-refractivity contribution is 0.0722. The van der Waals surface area contributed by atoms with Gasteiger partial charge in [0.25, 0.3) is 0 Å². The fourth-order valence-corrected chi connectivity index (χ4v) is 10.2. The van der Waals surface area contributed by atoms with E-state index >= 15 is 0 Å². The highest BCUT2D eigenvalue weighted by Gasteiger charge is 2.41. The van der Waals surface area contributed by atoms with E-state index in [-0.39, 0.29) is 23.0 Å². The minimum atomic E-state index is -0.511. The largest absolute Gasteiger partial charge is 0.456 e. The third-order valence-electron chi connectivity index (χ3n) is 13.6. The summed E-state index contributed by atoms with van der Waals surface area (Å²) >= 11 is 0. The Morgan fingerprint density at radius 2 is 0.500 bits per heavy atom. The van der Waals surface area contributed by atoms with Gasteiger partial charge < -0.3 is 28.4 Å². The lowest BCUT2D eigenvalue weighted by Crippen LogP contribution is -2.22. The molecule has 0 atom stereocenters. The van der Waals surface area contributed by atoms with E-state index in [9.17, 15) is 19.2 Å². The Labute approximate surface area is 417 Å². The molecule has 0 unspecified atom stereocenters. The SMILES string of the molecule is Cc1cccc(C)c1C(=O)Oc1ccc2c(c1)Oc1cc(OC(=O)c3c(C)cccc3C)ccc1C2C1c2ccc(OC(=O)c3c(C)cccc3C)cc2Oc2cc(OC(=O)c3c(C)cccc3C)ccc21. The molecule has 0 amide bonds. The molecule has 0 N–H and O–H groups in total. The maximum atomic E-state index is 13.7. The second-order valence-corrected chi connectivity index (χ2v) is 18.6. The summed E-state index contributed by atoms with van der Waals surface area (Å²) in [5.41, 5.74) is 11.2. The molecule has 72 heavy (non-hydrogen) atoms. The van der Waals surface area contributed by atoms with Gasteiger partial charge in [-0.1, -0.05) is 97.1 Å². The van der Waals surface area contributed by atoms with E-state index in [1.807, 2.05) is 152 Å². The van der Waals surface area contributed by atoms with Gasteiger partial charge in [0.2, 0.25) is 0 Å². The van der Waals surface area contributed by atoms with Crippen LogP contribution in [-0.2, 0) is 0 Å². The highest BCUT2D eigenvalue weighted by Crippen LogP contribution is 2.59. The van der Waals surface area contributed by atoms with Crippen LogP contribution in [0.4, 0.5) is 0 Å². The van der Waals surface area contributed by atoms with Crippen molar-refractivity contribution < 1.29 is 47.6 Å². The van der Waals surface area contributed by atoms with Crippen LogP contribution in [0, 0.1) is 55.4 Å². The zero-order chi connectivity index (χ0) is 50.5. The van der Waals surface area contributed by atoms with E-state index in [2.05, 4.69) is 0 Å². The summed E-state index contributed by atoms with van der Waals surface area (Å²) in [4.78, 5) is 55.0. The van der Waals surface area contributed by atoms with E-state index in [4.69, 9.17) is 28.4 Å². The van der Waals surface area contributed by atoms with Crippen LogP contribution in [-0.4, -0.2) is 23.9 Å². The lowest BCUT2D eigenvalue weighted by Gasteiger charge is -2.38. The van der Waals surface area contributed by atoms with E-state index < -0.39 is 35.7 Å². The fraction of sp³-hybridized carbons (Fsp3) is 0.161. The van der Waals surface area contributed by atoms with Crippen LogP contribution in [0.15, 0.2) is 146 Å². The van der Waals surface area contributed by atoms with Gasteiger partial charge in [-0.05, 0) is 124 Å². The number of carbonyl (C=O) groups is 4. The Balaban J connectivity index is 1.10. The molecule has 0 fully saturated rings. The standard InChI is InChI=1S/C62H50O10/c1-33-13-9-14-34(2)53(33)59(63)67-41-21-25-45-49(29-41)71-50-30-42(68-60(64)54-35(3)15-10-16-36(54)4)22-26-46(50)57(45)58-47-27-23-43(69-61(65)55-37(5)17-11-18-38(55)6)31-51(47)72-52-32-44(24-28-48(52)58)70-62(66)56-39(7)19-12-20-40(56)8/h9-32,57-58H,1-8H3. The van der Waals surface area contributed by atoms with E-state index in [1.54, 1.807) is 48.5 Å². The van der Waals surface area contributed by atoms with Crippen LogP contribution in [0.1, 0.15) is 120 Å². The number of carbonyl (C=O) groups excluding carboxylic acids is 4. The van der Waals surface area contributed by atoms with Gasteiger partial charge in [0.05, 0.1) is 22.3 Å². The summed E-state index contributed by atoms with van der Waals surface area (Å²) in [6.07, 6.45) is 0. The molecule has 0 aromatic heterocycles. The minimum absolute atomic E-state index is 0.264. The summed E-state index contributed by atoms with van der Waals surface area (Å²) in [5.74, 6) is -0.357. The first-order chi connectivity index (χ1) is 34.6. The van der Waals surface area contributed by atoms with Crippen molar-refractivity contribution >= 4 is 23.9 Å². The molecule has 0 saturated carbocycles. The maximum Gasteiger partial charge on any atom is 0.344 e. The van der Waals surface area contributed by atoms with Crippen molar-refractivity contribution in [3.8, 4) is 46.0 Å². The Morgan fingerprint density at radius 1 is 0.306 bits per heavy atom. The highest BCUT2D eigenvalue weighted by molar-refractivity contribution is 5.96. The summed E-state index contributed by atoms with van der Waals surface area (Å²) < 4.78 is 37.7. The summed E-state index contributed by atoms with van der Waals surface area (Å²) in [5, 5.41) is 0. The van der Waals surface area contributed by atoms with Crippen molar-refractivity contribution in [1.82, 2.24) is 0 Å². The van der Waals surface area contributed by atoms with Crippen LogP contribution < -0.4 is 28.4 Å². The number of ether oxygens (including phenoxy) is 6. The van der Waals surface area contributed by atoms with Gasteiger partial charge >= 0.3 is 23.9 Å². The zero-order valence-corrected chi connectivity index (χ0v) is 41.1. The van der Waals surface area contributed by atoms with Crippen molar-refractivity contribution in [1.29, 1.82) is 0 Å². The third-order valence-corrected chi connectivity index (χ3v) is 13.6. The fourth-order valence-electron chi connectivity index (χ4n) is 10.2. The number of rotatable bonds is 9. The zero-order valence-electron chi connectivity index (χ0n) is 41.1. The Kier molecular flexibility index (Phi) is 12.3. The third kappa shape index (κ3) is 8.76. The number of hydrogen-bond donors (Lipinski definition) is 0. The van der Waals surface area contributed by atoms with Crippen LogP contribution in [0.5, 0.6) is 46.0 Å². The summed E-state index contributed by atoms with van der Waals surface area (Å²) in [6, 6.07) is 43.8. The first-order valence-corrected chi connectivity index (χ1v) is 23.7. The van der Waals surface area contributed by atoms with E-state index in [0.717, 1.165) is 66.8 Å². The lowest BCUT2D eigenvalue weighted by atomic mass is 9.71. The van der Waals surface area contributed by atoms with Crippen LogP contribution in [0.2, 0.25) is 0 Å². The van der Waals surface area contributed by atoms with E-state index in [1.165, 1.54) is 0 Å². The van der Waals surface area contributed by atoms with Gasteiger partial charge in [-0.25, -0.2) is 19.2 Å². The van der Waals surface area contributed by atoms with Crippen molar-refractivity contribution in [2.75, 3.05) is 0 Å². The molecule has 358 valence electrons. The molecule has 0 saturated heterocycles. The molecular weight excluding hydrogens is 905 g/mol. The highest BCUT2D eigenvalue weighted by atomic mass is 16.6. The monoisotopic (exact) mass is 954 g/mol. The van der Waals surface area contributed by atoms with Crippen molar-refractivity contribution in [2.45, 2.75) is 67.2 Å². The molecule has 0 bridgehead atoms. The average Bonchev–Trinajstić information content (AvgIpc) is 3.32. The molecule has 10 rings (SSSR count). The van der Waals surface area contributed by atoms with E-state index in [0.29, 0.717) is 45.3 Å². The van der Waals surface area contributed by atoms with Crippen molar-refractivity contribution in [3.63, 3.8) is 0 Å². The second-order valence-electron chi connectivity index (χ2n) is 18.6. The van der Waals surface area contributed by atoms with Gasteiger partial charge in [-0.15, -0.1) is 0 Å². The van der Waals surface area contributed by atoms with Crippen LogP contribution in [0.25, 0.3) is 0 Å². The minimum Gasteiger partial charge on any atom is -0.456 e. The molecule has 8 aromatic carbocycles. The predicted octanol–water partition coefficient (Wildman–Crippen LogP) is 14.2. The molecule has 0 spiro atoms. The Bertz CT molecular complexity index is 3020. The number of esters is 4. The molecule has 2 aliphatic heterocycles. The molecule has 2 aliphatic rings. The normalized spacial score (nSPS) is 12.5. The first kappa shape index (κ1) is 46.9. The molecule has 8 aromatic rings. The molecule has 10 heteroatoms. The number of hydrogen-bond acceptors (Lipinski definition) is 10. The molecule has 0 aliphatic carbocycles. The topological polar surface area (TPSA) is 124 Å². The number of fused-ring (bicyclic) bond motifs is 4. The molecule has 10 nitrogen and oxygen atoms in total. The maximum absolute atomic E-state index is 13.7. The van der Waals surface area contributed by atoms with Gasteiger partial charge in [0.1, 0.15) is 46.0 Å². The molecular formula is C62H50O10. The van der Waals surface area contributed by atoms with Gasteiger partial charge in [-0.3, -0.25) is 0 Å². The van der Waals surface area contributed by atoms with Gasteiger partial charge in [-0.2, -0.15) is 0 Å². The second kappa shape index (κ2) is 18.9. The van der Waals surface area contributed by atoms with Crippen molar-refractivity contribution in [2.24, 2.45) is 0 Å². The van der Waals surface area contributed by atoms with Crippen LogP contribution >= 0.6 is 0 Å². The molecule has 2 heterocycles. The summed E-state index contributed by atoms with van der Waals surface area (Å²) in [6.45, 7) is 14.9. The summed E-state index contributed by atoms with van der Waals surface area (Å²) in [7, 11) is 0. The average molecular weight is 955 g/mol. The molecule has 0 radical (unpaired) electrons. The number of benzene rings is 8. The first-order valence-electron chi connectivity index (χ1n) is 23.7.